The van der Waals surface area contributed by atoms with E-state index in [1.165, 1.54) is 7.11 Å². The number of aromatic nitrogens is 2. The number of anilines is 2. The maximum Gasteiger partial charge on any atom is 0.411 e. The van der Waals surface area contributed by atoms with Crippen LogP contribution in [0.1, 0.15) is 31.1 Å². The van der Waals surface area contributed by atoms with Gasteiger partial charge >= 0.3 is 12.2 Å². The van der Waals surface area contributed by atoms with Crippen molar-refractivity contribution in [2.45, 2.75) is 25.3 Å². The maximum atomic E-state index is 12.1. The molecule has 0 radical (unpaired) electrons. The highest BCUT2D eigenvalue weighted by Gasteiger charge is 2.17. The lowest BCUT2D eigenvalue weighted by Gasteiger charge is -2.12. The summed E-state index contributed by atoms with van der Waals surface area (Å²) in [7, 11) is 1.27. The topological polar surface area (TPSA) is 131 Å². The fourth-order valence-corrected chi connectivity index (χ4v) is 2.70. The number of nitrogens with zero attached hydrogens (tertiary/aromatic N) is 1. The number of methoxy groups -OCH3 is 1. The van der Waals surface area contributed by atoms with Crippen molar-refractivity contribution in [1.82, 2.24) is 9.97 Å². The van der Waals surface area contributed by atoms with Gasteiger partial charge in [0.05, 0.1) is 31.1 Å². The number of hydrogen-bond donors (Lipinski definition) is 4. The van der Waals surface area contributed by atoms with Gasteiger partial charge in [0, 0.05) is 17.4 Å². The summed E-state index contributed by atoms with van der Waals surface area (Å²) in [4.78, 5) is 31.1. The summed E-state index contributed by atoms with van der Waals surface area (Å²) in [6, 6.07) is 4.83. The van der Waals surface area contributed by atoms with Gasteiger partial charge in [-0.2, -0.15) is 0 Å². The molecule has 138 valence electrons. The zero-order valence-electron chi connectivity index (χ0n) is 14.4. The Balaban J connectivity index is 1.98. The first-order chi connectivity index (χ1) is 12.6. The van der Waals surface area contributed by atoms with Crippen LogP contribution in [0, 0.1) is 0 Å². The highest BCUT2D eigenvalue weighted by molar-refractivity contribution is 5.94. The summed E-state index contributed by atoms with van der Waals surface area (Å²) in [5.41, 5.74) is 8.39. The van der Waals surface area contributed by atoms with Crippen molar-refractivity contribution < 1.29 is 19.1 Å². The van der Waals surface area contributed by atoms with Crippen molar-refractivity contribution in [1.29, 1.82) is 0 Å². The number of rotatable bonds is 1. The average molecular weight is 359 g/mol. The molecule has 2 heterocycles. The molecule has 2 aromatic rings. The monoisotopic (exact) mass is 359 g/mol. The molecule has 0 unspecified atom stereocenters. The molecule has 3 rings (SSSR count). The maximum absolute atomic E-state index is 12.1. The minimum Gasteiger partial charge on any atom is -0.453 e. The Morgan fingerprint density at radius 1 is 1.42 bits per heavy atom. The Labute approximate surface area is 150 Å². The molecule has 2 amide bonds. The minimum atomic E-state index is -0.606. The molecule has 0 spiro atoms. The van der Waals surface area contributed by atoms with Gasteiger partial charge in [0.2, 0.25) is 0 Å². The Kier molecular flexibility index (Phi) is 5.37. The molecule has 0 saturated heterocycles. The molecule has 9 heteroatoms. The summed E-state index contributed by atoms with van der Waals surface area (Å²) >= 11 is 0. The summed E-state index contributed by atoms with van der Waals surface area (Å²) in [5.74, 6) is 0.689. The van der Waals surface area contributed by atoms with Crippen molar-refractivity contribution in [3.05, 3.63) is 30.2 Å². The number of benzene rings is 1. The highest BCUT2D eigenvalue weighted by Crippen LogP contribution is 2.31. The predicted octanol–water partition coefficient (Wildman–Crippen LogP) is 2.99. The van der Waals surface area contributed by atoms with Gasteiger partial charge in [0.25, 0.3) is 0 Å². The lowest BCUT2D eigenvalue weighted by atomic mass is 10.1. The molecule has 0 fully saturated rings. The normalized spacial score (nSPS) is 17.5. The average Bonchev–Trinajstić information content (AvgIpc) is 3.11. The van der Waals surface area contributed by atoms with Crippen LogP contribution in [0.5, 0.6) is 0 Å². The summed E-state index contributed by atoms with van der Waals surface area (Å²) in [5, 5.41) is 5.26. The number of amides is 2. The van der Waals surface area contributed by atoms with Crippen LogP contribution in [0.3, 0.4) is 0 Å². The number of H-pyrrole nitrogens is 1. The third-order valence-electron chi connectivity index (χ3n) is 4.06. The van der Waals surface area contributed by atoms with Crippen molar-refractivity contribution in [2.24, 2.45) is 5.73 Å². The van der Waals surface area contributed by atoms with Gasteiger partial charge in [-0.3, -0.25) is 10.6 Å². The number of imidazole rings is 1. The van der Waals surface area contributed by atoms with E-state index in [9.17, 15) is 9.59 Å². The standard InChI is InChI=1S/C17H21N5O4/c1-25-16(23)20-10-5-6-11-13(8-10)22-17(24)26-7-3-2-4-12(18)15-19-9-14(11)21-15/h5-6,8-9,12H,2-4,7,18H2,1H3,(H,19,21)(H,20,23)(H,22,24)/t12-/m0/s1. The second-order valence-corrected chi connectivity index (χ2v) is 5.91. The van der Waals surface area contributed by atoms with Crippen molar-refractivity contribution in [3.63, 3.8) is 0 Å². The lowest BCUT2D eigenvalue weighted by molar-refractivity contribution is 0.159. The molecule has 9 nitrogen and oxygen atoms in total. The molecule has 1 aromatic carbocycles. The number of ether oxygens (including phenoxy) is 2. The highest BCUT2D eigenvalue weighted by atomic mass is 16.5. The Hall–Kier alpha value is -3.07. The minimum absolute atomic E-state index is 0.211. The van der Waals surface area contributed by atoms with E-state index in [0.717, 1.165) is 12.8 Å². The van der Waals surface area contributed by atoms with E-state index < -0.39 is 12.2 Å². The molecular formula is C17H21N5O4. The number of aromatic amines is 1. The van der Waals surface area contributed by atoms with E-state index in [0.29, 0.717) is 41.5 Å². The molecule has 1 atom stereocenters. The van der Waals surface area contributed by atoms with Crippen LogP contribution in [0.25, 0.3) is 11.3 Å². The van der Waals surface area contributed by atoms with E-state index in [4.69, 9.17) is 10.5 Å². The van der Waals surface area contributed by atoms with Gasteiger partial charge in [-0.25, -0.2) is 14.6 Å². The Morgan fingerprint density at radius 2 is 2.27 bits per heavy atom. The molecule has 5 N–H and O–H groups in total. The molecule has 26 heavy (non-hydrogen) atoms. The SMILES string of the molecule is COC(=O)Nc1ccc2c(c1)NC(=O)OCCCC[C@H](N)c1nc-2c[nH]1. The van der Waals surface area contributed by atoms with Crippen LogP contribution in [-0.4, -0.2) is 35.9 Å². The first kappa shape index (κ1) is 17.7. The molecule has 0 saturated carbocycles. The van der Waals surface area contributed by atoms with Crippen LogP contribution >= 0.6 is 0 Å². The van der Waals surface area contributed by atoms with Gasteiger partial charge in [0.15, 0.2) is 0 Å². The first-order valence-corrected chi connectivity index (χ1v) is 8.31. The molecule has 1 aliphatic heterocycles. The zero-order valence-corrected chi connectivity index (χ0v) is 14.4. The Bertz CT molecular complexity index is 804. The van der Waals surface area contributed by atoms with Crippen LogP contribution in [-0.2, 0) is 9.47 Å². The summed E-state index contributed by atoms with van der Waals surface area (Å²) in [6.07, 6.45) is 2.84. The quantitative estimate of drug-likeness (QED) is 0.619. The van der Waals surface area contributed by atoms with Crippen molar-refractivity contribution in [2.75, 3.05) is 24.4 Å². The van der Waals surface area contributed by atoms with Gasteiger partial charge in [-0.1, -0.05) is 0 Å². The van der Waals surface area contributed by atoms with E-state index >= 15 is 0 Å². The number of carbonyl (C=O) groups excluding carboxylic acids is 2. The van der Waals surface area contributed by atoms with E-state index in [1.54, 1.807) is 24.4 Å². The smallest absolute Gasteiger partial charge is 0.411 e. The van der Waals surface area contributed by atoms with Crippen LogP contribution < -0.4 is 16.4 Å². The van der Waals surface area contributed by atoms with E-state index in [1.807, 2.05) is 0 Å². The van der Waals surface area contributed by atoms with Crippen LogP contribution in [0.15, 0.2) is 24.4 Å². The van der Waals surface area contributed by atoms with Crippen molar-refractivity contribution in [3.8, 4) is 11.3 Å². The summed E-state index contributed by atoms with van der Waals surface area (Å²) in [6.45, 7) is 0.302. The fourth-order valence-electron chi connectivity index (χ4n) is 2.70. The number of cyclic esters (lactones) is 1. The van der Waals surface area contributed by atoms with E-state index in [2.05, 4.69) is 25.3 Å². The van der Waals surface area contributed by atoms with Gasteiger partial charge in [0.1, 0.15) is 5.82 Å². The fraction of sp³-hybridized carbons (Fsp3) is 0.353. The first-order valence-electron chi connectivity index (χ1n) is 8.31. The molecule has 0 aliphatic carbocycles. The Morgan fingerprint density at radius 3 is 3.08 bits per heavy atom. The van der Waals surface area contributed by atoms with E-state index in [-0.39, 0.29) is 6.04 Å². The summed E-state index contributed by atoms with van der Waals surface area (Å²) < 4.78 is 9.78. The molecular weight excluding hydrogens is 338 g/mol. The third kappa shape index (κ3) is 4.12. The number of fused-ring (bicyclic) bond motifs is 4. The number of nitrogens with one attached hydrogen (secondary N) is 3. The van der Waals surface area contributed by atoms with Crippen LogP contribution in [0.2, 0.25) is 0 Å². The number of carbonyl (C=O) groups is 2. The van der Waals surface area contributed by atoms with Gasteiger partial charge in [-0.05, 0) is 37.5 Å². The van der Waals surface area contributed by atoms with Crippen LogP contribution in [0.4, 0.5) is 21.0 Å². The lowest BCUT2D eigenvalue weighted by Crippen LogP contribution is -2.16. The third-order valence-corrected chi connectivity index (χ3v) is 4.06. The molecule has 1 aromatic heterocycles. The number of hydrogen-bond acceptors (Lipinski definition) is 6. The second-order valence-electron chi connectivity index (χ2n) is 5.91. The van der Waals surface area contributed by atoms with Gasteiger partial charge in [-0.15, -0.1) is 0 Å². The molecule has 2 bridgehead atoms. The molecule has 1 aliphatic rings. The van der Waals surface area contributed by atoms with Crippen molar-refractivity contribution >= 4 is 23.6 Å². The predicted molar refractivity (Wildman–Crippen MR) is 95.8 cm³/mol. The second kappa shape index (κ2) is 7.87. The zero-order chi connectivity index (χ0) is 18.5. The largest absolute Gasteiger partial charge is 0.453 e. The number of nitrogens with two attached hydrogens (primary N) is 1. The van der Waals surface area contributed by atoms with Gasteiger partial charge < -0.3 is 20.2 Å².